The minimum Gasteiger partial charge on any atom is -0.711 e. The number of benzene rings is 1. The summed E-state index contributed by atoms with van der Waals surface area (Å²) in [6, 6.07) is 7.79. The van der Waals surface area contributed by atoms with Gasteiger partial charge in [-0.05, 0) is 5.56 Å². The second kappa shape index (κ2) is 4.35. The third kappa shape index (κ3) is 2.11. The molecule has 4 nitrogen and oxygen atoms in total. The Balaban J connectivity index is 2.91. The summed E-state index contributed by atoms with van der Waals surface area (Å²) < 4.78 is 4.46. The van der Waals surface area contributed by atoms with Gasteiger partial charge in [-0.15, -0.1) is 0 Å². The number of carbonyl (C=O) groups excluding carboxylic acids is 1. The Morgan fingerprint density at radius 3 is 2.54 bits per heavy atom. The van der Waals surface area contributed by atoms with Crippen molar-refractivity contribution in [1.82, 2.24) is 0 Å². The van der Waals surface area contributed by atoms with E-state index >= 15 is 0 Å². The molecule has 1 aromatic carbocycles. The van der Waals surface area contributed by atoms with Gasteiger partial charge in [-0.2, -0.15) is 0 Å². The van der Waals surface area contributed by atoms with Crippen molar-refractivity contribution in [2.24, 2.45) is 5.11 Å². The van der Waals surface area contributed by atoms with E-state index in [2.05, 4.69) is 9.85 Å². The summed E-state index contributed by atoms with van der Waals surface area (Å²) in [5.74, 6) is -0.575. The highest BCUT2D eigenvalue weighted by Gasteiger charge is 2.16. The van der Waals surface area contributed by atoms with Crippen LogP contribution in [0.2, 0.25) is 0 Å². The highest BCUT2D eigenvalue weighted by Crippen LogP contribution is 2.17. The van der Waals surface area contributed by atoms with Gasteiger partial charge < -0.3 is 15.4 Å². The van der Waals surface area contributed by atoms with Gasteiger partial charge in [0.25, 0.3) is 0 Å². The average Bonchev–Trinajstić information content (AvgIpc) is 2.20. The molecular weight excluding hydrogens is 168 g/mol. The topological polar surface area (TPSA) is 61.0 Å². The van der Waals surface area contributed by atoms with E-state index in [9.17, 15) is 4.79 Å². The molecule has 0 aliphatic heterocycles. The summed E-state index contributed by atoms with van der Waals surface area (Å²) in [5.41, 5.74) is 9.21. The highest BCUT2D eigenvalue weighted by atomic mass is 16.5. The number of esters is 1. The first-order valence-electron chi connectivity index (χ1n) is 3.76. The summed E-state index contributed by atoms with van der Waals surface area (Å²) in [4.78, 5) is 11.1. The molecule has 0 aromatic heterocycles. The van der Waals surface area contributed by atoms with Crippen molar-refractivity contribution in [3.05, 3.63) is 41.4 Å². The lowest BCUT2D eigenvalue weighted by Crippen LogP contribution is -2.11. The number of nitrogens with zero attached hydrogens (tertiary/aromatic N) is 2. The van der Waals surface area contributed by atoms with Gasteiger partial charge in [-0.25, -0.2) is 4.79 Å². The first kappa shape index (κ1) is 9.38. The third-order valence-corrected chi connectivity index (χ3v) is 1.66. The summed E-state index contributed by atoms with van der Waals surface area (Å²) in [5, 5.41) is 2.95. The summed E-state index contributed by atoms with van der Waals surface area (Å²) in [6.07, 6.45) is 0. The zero-order valence-electron chi connectivity index (χ0n) is 7.18. The minimum absolute atomic E-state index is 0.575. The van der Waals surface area contributed by atoms with Crippen molar-refractivity contribution < 1.29 is 9.53 Å². The maximum absolute atomic E-state index is 11.1. The molecule has 0 bridgehead atoms. The molecule has 0 aliphatic rings. The fraction of sp³-hybridized carbons (Fsp3) is 0.222. The Bertz CT molecular complexity index is 298. The monoisotopic (exact) mass is 177 g/mol. The van der Waals surface area contributed by atoms with Crippen LogP contribution in [0.25, 0.3) is 5.53 Å². The molecule has 1 atom stereocenters. The van der Waals surface area contributed by atoms with E-state index in [1.807, 2.05) is 6.07 Å². The highest BCUT2D eigenvalue weighted by molar-refractivity contribution is 5.77. The van der Waals surface area contributed by atoms with Crippen LogP contribution in [0.1, 0.15) is 11.6 Å². The predicted octanol–water partition coefficient (Wildman–Crippen LogP) is 1.92. The number of carbonyl (C=O) groups is 1. The van der Waals surface area contributed by atoms with Crippen LogP contribution in [0.5, 0.6) is 0 Å². The Labute approximate surface area is 76.0 Å². The molecule has 0 fully saturated rings. The van der Waals surface area contributed by atoms with Crippen LogP contribution < -0.4 is 0 Å². The summed E-state index contributed by atoms with van der Waals surface area (Å²) in [6.45, 7) is 0. The number of ether oxygens (including phenoxy) is 1. The smallest absolute Gasteiger partial charge is 0.333 e. The molecule has 0 saturated heterocycles. The molecule has 0 N–H and O–H groups in total. The molecule has 1 unspecified atom stereocenters. The zero-order valence-corrected chi connectivity index (χ0v) is 7.18. The molecule has 1 aromatic rings. The van der Waals surface area contributed by atoms with E-state index in [0.717, 1.165) is 0 Å². The maximum atomic E-state index is 11.1. The summed E-state index contributed by atoms with van der Waals surface area (Å²) in [7, 11) is 1.25. The van der Waals surface area contributed by atoms with Gasteiger partial charge in [-0.3, -0.25) is 0 Å². The number of methoxy groups -OCH3 is 1. The normalized spacial score (nSPS) is 11.8. The van der Waals surface area contributed by atoms with Gasteiger partial charge in [0.05, 0.1) is 7.11 Å². The van der Waals surface area contributed by atoms with Gasteiger partial charge in [0.15, 0.2) is 6.04 Å². The SMILES string of the molecule is COC(=O)C(N=[N-])c1ccccc1. The Kier molecular flexibility index (Phi) is 3.14. The Morgan fingerprint density at radius 1 is 1.46 bits per heavy atom. The average molecular weight is 177 g/mol. The molecule has 0 aliphatic carbocycles. The number of rotatable bonds is 3. The quantitative estimate of drug-likeness (QED) is 0.523. The first-order valence-corrected chi connectivity index (χ1v) is 3.76. The largest absolute Gasteiger partial charge is 0.711 e. The Morgan fingerprint density at radius 2 is 2.08 bits per heavy atom. The molecule has 0 heterocycles. The van der Waals surface area contributed by atoms with Crippen molar-refractivity contribution in [3.8, 4) is 0 Å². The predicted molar refractivity (Wildman–Crippen MR) is 47.0 cm³/mol. The molecule has 0 spiro atoms. The third-order valence-electron chi connectivity index (χ3n) is 1.66. The van der Waals surface area contributed by atoms with Crippen LogP contribution in [0, 0.1) is 0 Å². The fourth-order valence-corrected chi connectivity index (χ4v) is 0.997. The second-order valence-corrected chi connectivity index (χ2v) is 2.45. The molecule has 68 valence electrons. The van der Waals surface area contributed by atoms with E-state index in [1.54, 1.807) is 24.3 Å². The van der Waals surface area contributed by atoms with Gasteiger partial charge in [-0.1, -0.05) is 30.3 Å². The maximum Gasteiger partial charge on any atom is 0.333 e. The lowest BCUT2D eigenvalue weighted by Gasteiger charge is -2.12. The summed E-state index contributed by atoms with van der Waals surface area (Å²) >= 11 is 0. The van der Waals surface area contributed by atoms with Crippen molar-refractivity contribution >= 4 is 5.97 Å². The molecule has 4 heteroatoms. The number of hydrogen-bond acceptors (Lipinski definition) is 3. The van der Waals surface area contributed by atoms with Crippen molar-refractivity contribution in [2.45, 2.75) is 6.04 Å². The van der Waals surface area contributed by atoms with Gasteiger partial charge >= 0.3 is 5.97 Å². The van der Waals surface area contributed by atoms with Crippen LogP contribution >= 0.6 is 0 Å². The molecular formula is C9H9N2O2-. The van der Waals surface area contributed by atoms with Crippen LogP contribution in [0.4, 0.5) is 0 Å². The van der Waals surface area contributed by atoms with E-state index in [-0.39, 0.29) is 0 Å². The Hall–Kier alpha value is -1.71. The minimum atomic E-state index is -0.939. The van der Waals surface area contributed by atoms with Crippen molar-refractivity contribution in [2.75, 3.05) is 7.11 Å². The lowest BCUT2D eigenvalue weighted by molar-refractivity contribution is -0.142. The van der Waals surface area contributed by atoms with E-state index in [1.165, 1.54) is 7.11 Å². The van der Waals surface area contributed by atoms with Crippen molar-refractivity contribution in [1.29, 1.82) is 0 Å². The van der Waals surface area contributed by atoms with Crippen LogP contribution in [0.15, 0.2) is 35.4 Å². The van der Waals surface area contributed by atoms with Crippen molar-refractivity contribution in [3.63, 3.8) is 0 Å². The van der Waals surface area contributed by atoms with Crippen LogP contribution in [-0.2, 0) is 9.53 Å². The lowest BCUT2D eigenvalue weighted by atomic mass is 10.1. The van der Waals surface area contributed by atoms with Gasteiger partial charge in [0.1, 0.15) is 0 Å². The second-order valence-electron chi connectivity index (χ2n) is 2.45. The van der Waals surface area contributed by atoms with Crippen LogP contribution in [-0.4, -0.2) is 13.1 Å². The van der Waals surface area contributed by atoms with Crippen LogP contribution in [0.3, 0.4) is 0 Å². The molecule has 13 heavy (non-hydrogen) atoms. The molecule has 1 rings (SSSR count). The standard InChI is InChI=1S/C9H9N2O2/c1-13-9(12)8(11-10)7-5-3-2-4-6-7/h2-6,8H,1H3/q-1. The van der Waals surface area contributed by atoms with E-state index in [0.29, 0.717) is 5.56 Å². The molecule has 0 radical (unpaired) electrons. The van der Waals surface area contributed by atoms with Gasteiger partial charge in [0.2, 0.25) is 0 Å². The molecule has 0 saturated carbocycles. The van der Waals surface area contributed by atoms with E-state index in [4.69, 9.17) is 5.53 Å². The van der Waals surface area contributed by atoms with E-state index < -0.39 is 12.0 Å². The number of hydrogen-bond donors (Lipinski definition) is 0. The first-order chi connectivity index (χ1) is 6.29. The zero-order chi connectivity index (χ0) is 9.68. The fourth-order valence-electron chi connectivity index (χ4n) is 0.997. The van der Waals surface area contributed by atoms with Gasteiger partial charge in [0, 0.05) is 0 Å². The molecule has 0 amide bonds.